The molecule has 0 spiro atoms. The summed E-state index contributed by atoms with van der Waals surface area (Å²) < 4.78 is 1.90. The maximum absolute atomic E-state index is 13.2. The first-order valence-electron chi connectivity index (χ1n) is 9.02. The number of hydrogen-bond acceptors (Lipinski definition) is 4. The summed E-state index contributed by atoms with van der Waals surface area (Å²) in [5, 5.41) is 6.34. The predicted molar refractivity (Wildman–Crippen MR) is 107 cm³/mol. The minimum atomic E-state index is -0.102. The minimum absolute atomic E-state index is 0.0151. The van der Waals surface area contributed by atoms with E-state index in [9.17, 15) is 4.79 Å². The molecule has 1 fully saturated rings. The highest BCUT2D eigenvalue weighted by Crippen LogP contribution is 2.38. The fourth-order valence-electron chi connectivity index (χ4n) is 3.66. The molecule has 3 aromatic heterocycles. The van der Waals surface area contributed by atoms with E-state index in [1.54, 1.807) is 6.07 Å². The molecule has 0 amide bonds. The van der Waals surface area contributed by atoms with Gasteiger partial charge >= 0.3 is 0 Å². The van der Waals surface area contributed by atoms with Crippen molar-refractivity contribution >= 4 is 39.2 Å². The van der Waals surface area contributed by atoms with Gasteiger partial charge in [-0.2, -0.15) is 0 Å². The van der Waals surface area contributed by atoms with E-state index in [0.29, 0.717) is 10.4 Å². The quantitative estimate of drug-likeness (QED) is 0.549. The summed E-state index contributed by atoms with van der Waals surface area (Å²) in [6.07, 6.45) is 5.41. The molecule has 1 aliphatic carbocycles. The van der Waals surface area contributed by atoms with Crippen LogP contribution in [-0.2, 0) is 0 Å². The van der Waals surface area contributed by atoms with E-state index < -0.39 is 0 Å². The standard InChI is InChI=1S/C20H18ClN5O/c1-11(25-19-14-7-8-22-18(14)23-10-24-19)16-9-12-3-2-4-15(21)17(12)20(27)26(16)13-5-6-13/h2-4,7-11,13H,5-6H2,1H3,(H2,22,23,24,25). The molecule has 136 valence electrons. The Hall–Kier alpha value is -2.86. The lowest BCUT2D eigenvalue weighted by atomic mass is 10.1. The molecule has 0 radical (unpaired) electrons. The van der Waals surface area contributed by atoms with Gasteiger partial charge in [0.2, 0.25) is 0 Å². The molecule has 1 aliphatic rings. The van der Waals surface area contributed by atoms with Gasteiger partial charge in [0.1, 0.15) is 17.8 Å². The van der Waals surface area contributed by atoms with Crippen molar-refractivity contribution in [1.29, 1.82) is 0 Å². The zero-order valence-corrected chi connectivity index (χ0v) is 15.5. The number of aromatic nitrogens is 4. The molecular weight excluding hydrogens is 362 g/mol. The average Bonchev–Trinajstić information content (AvgIpc) is 3.37. The van der Waals surface area contributed by atoms with Crippen LogP contribution >= 0.6 is 11.6 Å². The molecule has 2 N–H and O–H groups in total. The molecule has 0 bridgehead atoms. The van der Waals surface area contributed by atoms with Crippen molar-refractivity contribution in [3.63, 3.8) is 0 Å². The second kappa shape index (κ2) is 6.09. The van der Waals surface area contributed by atoms with Crippen molar-refractivity contribution in [3.05, 3.63) is 63.9 Å². The number of nitrogens with one attached hydrogen (secondary N) is 2. The van der Waals surface area contributed by atoms with Gasteiger partial charge in [-0.1, -0.05) is 23.7 Å². The first kappa shape index (κ1) is 16.3. The zero-order chi connectivity index (χ0) is 18.5. The van der Waals surface area contributed by atoms with Crippen LogP contribution < -0.4 is 10.9 Å². The van der Waals surface area contributed by atoms with Crippen LogP contribution in [-0.4, -0.2) is 19.5 Å². The number of anilines is 1. The summed E-state index contributed by atoms with van der Waals surface area (Å²) in [6.45, 7) is 2.05. The van der Waals surface area contributed by atoms with Crippen LogP contribution in [0.1, 0.15) is 37.5 Å². The van der Waals surface area contributed by atoms with Crippen LogP contribution in [0.4, 0.5) is 5.82 Å². The maximum atomic E-state index is 13.2. The zero-order valence-electron chi connectivity index (χ0n) is 14.7. The number of nitrogens with zero attached hydrogens (tertiary/aromatic N) is 3. The molecule has 1 atom stereocenters. The number of pyridine rings is 1. The first-order valence-corrected chi connectivity index (χ1v) is 9.39. The van der Waals surface area contributed by atoms with Gasteiger partial charge in [0, 0.05) is 17.9 Å². The smallest absolute Gasteiger partial charge is 0.260 e. The molecular formula is C20H18ClN5O. The van der Waals surface area contributed by atoms with Crippen molar-refractivity contribution in [2.75, 3.05) is 5.32 Å². The fraction of sp³-hybridized carbons (Fsp3) is 0.250. The summed E-state index contributed by atoms with van der Waals surface area (Å²) in [4.78, 5) is 24.9. The van der Waals surface area contributed by atoms with Crippen molar-refractivity contribution in [1.82, 2.24) is 19.5 Å². The molecule has 0 aliphatic heterocycles. The van der Waals surface area contributed by atoms with E-state index in [0.717, 1.165) is 40.8 Å². The highest BCUT2D eigenvalue weighted by molar-refractivity contribution is 6.35. The fourth-order valence-corrected chi connectivity index (χ4v) is 3.93. The van der Waals surface area contributed by atoms with E-state index in [-0.39, 0.29) is 17.6 Å². The van der Waals surface area contributed by atoms with Gasteiger partial charge in [0.15, 0.2) is 0 Å². The highest BCUT2D eigenvalue weighted by atomic mass is 35.5. The molecule has 4 aromatic rings. The SMILES string of the molecule is CC(Nc1ncnc2[nH]ccc12)c1cc2cccc(Cl)c2c(=O)n1C1CC1. The number of aromatic amines is 1. The molecule has 5 rings (SSSR count). The van der Waals surface area contributed by atoms with Gasteiger partial charge in [-0.3, -0.25) is 4.79 Å². The van der Waals surface area contributed by atoms with E-state index in [4.69, 9.17) is 11.6 Å². The summed E-state index contributed by atoms with van der Waals surface area (Å²) in [6, 6.07) is 9.73. The Morgan fingerprint density at radius 2 is 2.15 bits per heavy atom. The Bertz CT molecular complexity index is 1220. The number of fused-ring (bicyclic) bond motifs is 2. The largest absolute Gasteiger partial charge is 0.361 e. The summed E-state index contributed by atoms with van der Waals surface area (Å²) in [5.74, 6) is 0.745. The minimum Gasteiger partial charge on any atom is -0.361 e. The van der Waals surface area contributed by atoms with Crippen molar-refractivity contribution in [2.45, 2.75) is 31.8 Å². The molecule has 0 saturated heterocycles. The number of hydrogen-bond donors (Lipinski definition) is 2. The van der Waals surface area contributed by atoms with Crippen LogP contribution in [0.3, 0.4) is 0 Å². The summed E-state index contributed by atoms with van der Waals surface area (Å²) in [7, 11) is 0. The van der Waals surface area contributed by atoms with Crippen LogP contribution in [0, 0.1) is 0 Å². The predicted octanol–water partition coefficient (Wildman–Crippen LogP) is 4.43. The van der Waals surface area contributed by atoms with Gasteiger partial charge in [-0.15, -0.1) is 0 Å². The highest BCUT2D eigenvalue weighted by Gasteiger charge is 2.29. The normalized spacial score (nSPS) is 15.3. The van der Waals surface area contributed by atoms with Gasteiger partial charge < -0.3 is 14.9 Å². The maximum Gasteiger partial charge on any atom is 0.260 e. The van der Waals surface area contributed by atoms with Crippen LogP contribution in [0.2, 0.25) is 5.02 Å². The van der Waals surface area contributed by atoms with Gasteiger partial charge in [0.25, 0.3) is 5.56 Å². The molecule has 3 heterocycles. The number of halogens is 1. The summed E-state index contributed by atoms with van der Waals surface area (Å²) in [5.41, 5.74) is 1.71. The Balaban J connectivity index is 1.64. The third-order valence-electron chi connectivity index (χ3n) is 5.12. The Morgan fingerprint density at radius 1 is 1.30 bits per heavy atom. The van der Waals surface area contributed by atoms with E-state index in [2.05, 4.69) is 26.3 Å². The van der Waals surface area contributed by atoms with Crippen molar-refractivity contribution < 1.29 is 0 Å². The molecule has 1 unspecified atom stereocenters. The second-order valence-electron chi connectivity index (χ2n) is 7.01. The topological polar surface area (TPSA) is 75.6 Å². The van der Waals surface area contributed by atoms with E-state index >= 15 is 0 Å². The third kappa shape index (κ3) is 2.68. The number of H-pyrrole nitrogens is 1. The first-order chi connectivity index (χ1) is 13.1. The third-order valence-corrected chi connectivity index (χ3v) is 5.44. The van der Waals surface area contributed by atoms with Gasteiger partial charge in [-0.05, 0) is 43.4 Å². The lowest BCUT2D eigenvalue weighted by Gasteiger charge is -2.21. The second-order valence-corrected chi connectivity index (χ2v) is 7.42. The van der Waals surface area contributed by atoms with Gasteiger partial charge in [-0.25, -0.2) is 9.97 Å². The van der Waals surface area contributed by atoms with Crippen molar-refractivity contribution in [2.24, 2.45) is 0 Å². The molecule has 27 heavy (non-hydrogen) atoms. The summed E-state index contributed by atoms with van der Waals surface area (Å²) >= 11 is 6.32. The lowest BCUT2D eigenvalue weighted by Crippen LogP contribution is -2.26. The van der Waals surface area contributed by atoms with Crippen LogP contribution in [0.25, 0.3) is 21.8 Å². The van der Waals surface area contributed by atoms with Crippen LogP contribution in [0.5, 0.6) is 0 Å². The Labute approximate surface area is 160 Å². The Kier molecular flexibility index (Phi) is 3.68. The average molecular weight is 380 g/mol. The lowest BCUT2D eigenvalue weighted by molar-refractivity contribution is 0.636. The molecule has 1 aromatic carbocycles. The van der Waals surface area contributed by atoms with E-state index in [1.165, 1.54) is 6.33 Å². The van der Waals surface area contributed by atoms with Crippen molar-refractivity contribution in [3.8, 4) is 0 Å². The molecule has 7 heteroatoms. The molecule has 6 nitrogen and oxygen atoms in total. The Morgan fingerprint density at radius 3 is 2.96 bits per heavy atom. The number of benzene rings is 1. The van der Waals surface area contributed by atoms with Gasteiger partial charge in [0.05, 0.1) is 21.8 Å². The number of rotatable bonds is 4. The monoisotopic (exact) mass is 379 g/mol. The molecule has 1 saturated carbocycles. The van der Waals surface area contributed by atoms with Crippen LogP contribution in [0.15, 0.2) is 47.7 Å². The van der Waals surface area contributed by atoms with E-state index in [1.807, 2.05) is 35.9 Å².